The van der Waals surface area contributed by atoms with E-state index in [-0.39, 0.29) is 11.3 Å². The number of nitrogens with zero attached hydrogens (tertiary/aromatic N) is 2. The van der Waals surface area contributed by atoms with Gasteiger partial charge in [-0.2, -0.15) is 0 Å². The van der Waals surface area contributed by atoms with E-state index < -0.39 is 0 Å². The molecule has 4 nitrogen and oxygen atoms in total. The van der Waals surface area contributed by atoms with Crippen molar-refractivity contribution in [1.82, 2.24) is 4.90 Å². The maximum atomic E-state index is 12.6. The summed E-state index contributed by atoms with van der Waals surface area (Å²) in [4.78, 5) is 18.3. The van der Waals surface area contributed by atoms with E-state index in [4.69, 9.17) is 6.42 Å². The van der Waals surface area contributed by atoms with Gasteiger partial charge in [-0.1, -0.05) is 51.0 Å². The molecule has 0 bridgehead atoms. The van der Waals surface area contributed by atoms with Crippen molar-refractivity contribution >= 4 is 29.0 Å². The van der Waals surface area contributed by atoms with Gasteiger partial charge in [0.05, 0.1) is 23.7 Å². The lowest BCUT2D eigenvalue weighted by Gasteiger charge is -2.36. The summed E-state index contributed by atoms with van der Waals surface area (Å²) >= 11 is 1.56. The van der Waals surface area contributed by atoms with E-state index >= 15 is 0 Å². The second-order valence-corrected chi connectivity index (χ2v) is 9.64. The molecule has 0 unspecified atom stereocenters. The summed E-state index contributed by atoms with van der Waals surface area (Å²) in [6, 6.07) is 16.5. The molecule has 2 aromatic rings. The van der Waals surface area contributed by atoms with Gasteiger partial charge in [-0.25, -0.2) is 0 Å². The van der Waals surface area contributed by atoms with Crippen molar-refractivity contribution in [3.05, 3.63) is 54.1 Å². The number of piperazine rings is 1. The molecule has 1 saturated heterocycles. The Morgan fingerprint density at radius 1 is 1.07 bits per heavy atom. The van der Waals surface area contributed by atoms with Crippen LogP contribution in [0.1, 0.15) is 26.3 Å². The third kappa shape index (κ3) is 6.04. The minimum absolute atomic E-state index is 0.0123. The van der Waals surface area contributed by atoms with Crippen LogP contribution in [0, 0.1) is 12.3 Å². The average Bonchev–Trinajstić information content (AvgIpc) is 2.73. The molecule has 1 N–H and O–H groups in total. The third-order valence-electron chi connectivity index (χ3n) is 5.30. The Bertz CT molecular complexity index is 888. The molecule has 30 heavy (non-hydrogen) atoms. The molecule has 2 aromatic carbocycles. The van der Waals surface area contributed by atoms with E-state index in [1.165, 1.54) is 5.56 Å². The molecule has 158 valence electrons. The first kappa shape index (κ1) is 22.3. The second kappa shape index (κ2) is 10.1. The Kier molecular flexibility index (Phi) is 7.47. The molecule has 0 aromatic heterocycles. The summed E-state index contributed by atoms with van der Waals surface area (Å²) in [5.41, 5.74) is 3.38. The number of thioether (sulfide) groups is 1. The van der Waals surface area contributed by atoms with Crippen molar-refractivity contribution in [2.75, 3.05) is 48.7 Å². The van der Waals surface area contributed by atoms with Crippen LogP contribution in [0.25, 0.3) is 0 Å². The van der Waals surface area contributed by atoms with E-state index in [9.17, 15) is 4.79 Å². The van der Waals surface area contributed by atoms with Crippen molar-refractivity contribution in [3.63, 3.8) is 0 Å². The van der Waals surface area contributed by atoms with Crippen LogP contribution < -0.4 is 10.2 Å². The zero-order chi connectivity index (χ0) is 21.6. The number of rotatable bonds is 6. The number of hydrogen-bond donors (Lipinski definition) is 1. The van der Waals surface area contributed by atoms with Gasteiger partial charge in [0, 0.05) is 31.1 Å². The predicted molar refractivity (Wildman–Crippen MR) is 128 cm³/mol. The fourth-order valence-electron chi connectivity index (χ4n) is 3.52. The number of carbonyl (C=O) groups excluding carboxylic acids is 1. The molecular formula is C25H31N3OS. The molecule has 0 saturated carbocycles. The van der Waals surface area contributed by atoms with Crippen LogP contribution in [0.4, 0.5) is 11.4 Å². The van der Waals surface area contributed by atoms with Gasteiger partial charge < -0.3 is 10.2 Å². The van der Waals surface area contributed by atoms with E-state index in [0.29, 0.717) is 12.3 Å². The first-order chi connectivity index (χ1) is 14.4. The lowest BCUT2D eigenvalue weighted by molar-refractivity contribution is -0.113. The number of nitrogens with one attached hydrogen (secondary N) is 1. The molecule has 1 aliphatic heterocycles. The number of benzene rings is 2. The lowest BCUT2D eigenvalue weighted by atomic mass is 9.87. The number of hydrogen-bond acceptors (Lipinski definition) is 4. The first-order valence-electron chi connectivity index (χ1n) is 10.4. The van der Waals surface area contributed by atoms with Crippen LogP contribution in [0.15, 0.2) is 53.4 Å². The van der Waals surface area contributed by atoms with E-state index in [0.717, 1.165) is 42.4 Å². The lowest BCUT2D eigenvalue weighted by Crippen LogP contribution is -2.46. The summed E-state index contributed by atoms with van der Waals surface area (Å²) in [7, 11) is 0. The van der Waals surface area contributed by atoms with Gasteiger partial charge in [0.15, 0.2) is 0 Å². The summed E-state index contributed by atoms with van der Waals surface area (Å²) in [5.74, 6) is 3.12. The summed E-state index contributed by atoms with van der Waals surface area (Å²) < 4.78 is 0. The molecule has 1 heterocycles. The number of amides is 1. The van der Waals surface area contributed by atoms with Gasteiger partial charge in [0.25, 0.3) is 0 Å². The molecule has 0 aliphatic carbocycles. The highest BCUT2D eigenvalue weighted by Crippen LogP contribution is 2.28. The Morgan fingerprint density at radius 2 is 1.73 bits per heavy atom. The Morgan fingerprint density at radius 3 is 2.37 bits per heavy atom. The maximum absolute atomic E-state index is 12.6. The number of para-hydroxylation sites is 2. The minimum atomic E-state index is 0.0123. The molecule has 1 amide bonds. The fourth-order valence-corrected chi connectivity index (χ4v) is 4.22. The van der Waals surface area contributed by atoms with Crippen molar-refractivity contribution in [1.29, 1.82) is 0 Å². The highest BCUT2D eigenvalue weighted by molar-refractivity contribution is 8.00. The van der Waals surface area contributed by atoms with Crippen LogP contribution in [0.3, 0.4) is 0 Å². The molecule has 0 atom stereocenters. The Balaban J connectivity index is 1.56. The van der Waals surface area contributed by atoms with Crippen LogP contribution in [-0.4, -0.2) is 49.3 Å². The van der Waals surface area contributed by atoms with Crippen LogP contribution in [0.5, 0.6) is 0 Å². The monoisotopic (exact) mass is 421 g/mol. The number of terminal acetylenes is 1. The minimum Gasteiger partial charge on any atom is -0.367 e. The van der Waals surface area contributed by atoms with Crippen molar-refractivity contribution in [2.24, 2.45) is 0 Å². The first-order valence-corrected chi connectivity index (χ1v) is 11.4. The third-order valence-corrected chi connectivity index (χ3v) is 6.31. The van der Waals surface area contributed by atoms with Crippen LogP contribution in [-0.2, 0) is 10.2 Å². The van der Waals surface area contributed by atoms with Crippen LogP contribution >= 0.6 is 11.8 Å². The summed E-state index contributed by atoms with van der Waals surface area (Å²) in [6.07, 6.45) is 5.43. The Hall–Kier alpha value is -2.42. The molecule has 3 rings (SSSR count). The molecule has 1 aliphatic rings. The van der Waals surface area contributed by atoms with Gasteiger partial charge >= 0.3 is 0 Å². The molecule has 5 heteroatoms. The normalized spacial score (nSPS) is 14.9. The highest BCUT2D eigenvalue weighted by Gasteiger charge is 2.19. The summed E-state index contributed by atoms with van der Waals surface area (Å²) in [5, 5.41) is 3.10. The topological polar surface area (TPSA) is 35.6 Å². The van der Waals surface area contributed by atoms with E-state index in [2.05, 4.69) is 72.1 Å². The number of carbonyl (C=O) groups is 1. The molecular weight excluding hydrogens is 390 g/mol. The Labute approximate surface area is 185 Å². The van der Waals surface area contributed by atoms with Gasteiger partial charge in [-0.05, 0) is 35.2 Å². The van der Waals surface area contributed by atoms with Gasteiger partial charge in [-0.15, -0.1) is 18.2 Å². The van der Waals surface area contributed by atoms with Crippen LogP contribution in [0.2, 0.25) is 0 Å². The SMILES string of the molecule is C#CCN1CCN(c2ccccc2NC(=O)CSc2ccc(C(C)(C)C)cc2)CC1. The zero-order valence-corrected chi connectivity index (χ0v) is 19.0. The van der Waals surface area contributed by atoms with Gasteiger partial charge in [-0.3, -0.25) is 9.69 Å². The molecule has 1 fully saturated rings. The molecule has 0 radical (unpaired) electrons. The van der Waals surface area contributed by atoms with Crippen molar-refractivity contribution in [3.8, 4) is 12.3 Å². The smallest absolute Gasteiger partial charge is 0.234 e. The quantitative estimate of drug-likeness (QED) is 0.551. The molecule has 0 spiro atoms. The van der Waals surface area contributed by atoms with Crippen molar-refractivity contribution < 1.29 is 4.79 Å². The maximum Gasteiger partial charge on any atom is 0.234 e. The largest absolute Gasteiger partial charge is 0.367 e. The van der Waals surface area contributed by atoms with Crippen molar-refractivity contribution in [2.45, 2.75) is 31.1 Å². The average molecular weight is 422 g/mol. The van der Waals surface area contributed by atoms with Gasteiger partial charge in [0.2, 0.25) is 5.91 Å². The fraction of sp³-hybridized carbons (Fsp3) is 0.400. The number of anilines is 2. The van der Waals surface area contributed by atoms with E-state index in [1.54, 1.807) is 11.8 Å². The van der Waals surface area contributed by atoms with E-state index in [1.807, 2.05) is 18.2 Å². The predicted octanol–water partition coefficient (Wildman–Crippen LogP) is 4.47. The second-order valence-electron chi connectivity index (χ2n) is 8.60. The standard InChI is InChI=1S/C25H31N3OS/c1-5-14-27-15-17-28(18-16-27)23-9-7-6-8-22(23)26-24(29)19-30-21-12-10-20(11-13-21)25(2,3)4/h1,6-13H,14-19H2,2-4H3,(H,26,29). The van der Waals surface area contributed by atoms with Gasteiger partial charge in [0.1, 0.15) is 0 Å². The summed E-state index contributed by atoms with van der Waals surface area (Å²) in [6.45, 7) is 11.0. The highest BCUT2D eigenvalue weighted by atomic mass is 32.2. The zero-order valence-electron chi connectivity index (χ0n) is 18.1.